The second-order valence-corrected chi connectivity index (χ2v) is 3.60. The van der Waals surface area contributed by atoms with E-state index in [4.69, 9.17) is 4.74 Å². The number of hydrogen-bond acceptors (Lipinski definition) is 3. The van der Waals surface area contributed by atoms with Crippen LogP contribution in [0, 0.1) is 0 Å². The highest BCUT2D eigenvalue weighted by Gasteiger charge is 2.52. The molecule has 1 fully saturated rings. The minimum absolute atomic E-state index is 0.00653. The van der Waals surface area contributed by atoms with Gasteiger partial charge >= 0.3 is 12.0 Å². The van der Waals surface area contributed by atoms with Gasteiger partial charge in [0, 0.05) is 18.9 Å². The highest BCUT2D eigenvalue weighted by Crippen LogP contribution is 2.28. The van der Waals surface area contributed by atoms with Crippen LogP contribution in [-0.2, 0) is 9.53 Å². The topological polar surface area (TPSA) is 43.4 Å². The number of methoxy groups -OCH3 is 1. The molecule has 4 heteroatoms. The van der Waals surface area contributed by atoms with E-state index in [0.717, 1.165) is 12.8 Å². The molecule has 0 bridgehead atoms. The van der Waals surface area contributed by atoms with Crippen LogP contribution >= 0.6 is 0 Å². The molecular formula is C10H16NO3+. The Bertz CT molecular complexity index is 275. The van der Waals surface area contributed by atoms with E-state index < -0.39 is 6.09 Å². The molecule has 0 radical (unpaired) electrons. The van der Waals surface area contributed by atoms with Crippen molar-refractivity contribution in [2.75, 3.05) is 13.7 Å². The Morgan fingerprint density at radius 3 is 2.57 bits per heavy atom. The highest BCUT2D eigenvalue weighted by atomic mass is 16.5. The van der Waals surface area contributed by atoms with E-state index in [1.165, 1.54) is 13.2 Å². The van der Waals surface area contributed by atoms with Crippen molar-refractivity contribution in [1.82, 2.24) is 0 Å². The lowest BCUT2D eigenvalue weighted by Crippen LogP contribution is -2.58. The molecule has 1 rings (SSSR count). The summed E-state index contributed by atoms with van der Waals surface area (Å²) in [5.74, 6) is -0.262. The molecule has 0 saturated carbocycles. The summed E-state index contributed by atoms with van der Waals surface area (Å²) in [7, 11) is 1.31. The maximum Gasteiger partial charge on any atom is 0.523 e. The van der Waals surface area contributed by atoms with Gasteiger partial charge in [-0.25, -0.2) is 4.79 Å². The molecule has 0 spiro atoms. The maximum atomic E-state index is 11.7. The Morgan fingerprint density at radius 1 is 1.57 bits per heavy atom. The first-order chi connectivity index (χ1) is 6.59. The molecular weight excluding hydrogens is 182 g/mol. The summed E-state index contributed by atoms with van der Waals surface area (Å²) in [6.45, 7) is 5.85. The van der Waals surface area contributed by atoms with Crippen LogP contribution in [0.4, 0.5) is 4.79 Å². The number of likely N-dealkylation sites (tertiary alicyclic amines) is 1. The standard InChI is InChI=1S/C10H16NO3/c1-4-9(12)11(10(13)14-3)7-5-6-8(11)2/h4,8H,1,5-7H2,2-3H3/q+1/t8-,11?/m1/s1. The monoisotopic (exact) mass is 198 g/mol. The second kappa shape index (κ2) is 3.92. The molecule has 14 heavy (non-hydrogen) atoms. The molecule has 4 nitrogen and oxygen atoms in total. The van der Waals surface area contributed by atoms with Crippen molar-refractivity contribution in [2.45, 2.75) is 25.8 Å². The second-order valence-electron chi connectivity index (χ2n) is 3.60. The van der Waals surface area contributed by atoms with Gasteiger partial charge in [0.2, 0.25) is 0 Å². The number of carbonyl (C=O) groups excluding carboxylic acids is 2. The fourth-order valence-corrected chi connectivity index (χ4v) is 2.09. The lowest BCUT2D eigenvalue weighted by atomic mass is 10.2. The van der Waals surface area contributed by atoms with Crippen LogP contribution in [0.15, 0.2) is 12.7 Å². The molecule has 0 aliphatic carbocycles. The number of quaternary nitrogens is 1. The molecule has 2 atom stereocenters. The molecule has 1 unspecified atom stereocenters. The summed E-state index contributed by atoms with van der Waals surface area (Å²) in [5, 5.41) is 0. The van der Waals surface area contributed by atoms with E-state index >= 15 is 0 Å². The van der Waals surface area contributed by atoms with Gasteiger partial charge in [0.25, 0.3) is 0 Å². The molecule has 2 amide bonds. The Hall–Kier alpha value is -1.16. The molecule has 0 N–H and O–H groups in total. The van der Waals surface area contributed by atoms with Crippen LogP contribution in [0.3, 0.4) is 0 Å². The zero-order chi connectivity index (χ0) is 10.8. The Balaban J connectivity index is 3.07. The predicted octanol–water partition coefficient (Wildman–Crippen LogP) is 1.46. The smallest absolute Gasteiger partial charge is 0.423 e. The van der Waals surface area contributed by atoms with Crippen molar-refractivity contribution in [3.63, 3.8) is 0 Å². The van der Waals surface area contributed by atoms with Gasteiger partial charge in [-0.15, -0.1) is 0 Å². The van der Waals surface area contributed by atoms with Crippen LogP contribution in [0.5, 0.6) is 0 Å². The van der Waals surface area contributed by atoms with Crippen molar-refractivity contribution in [1.29, 1.82) is 0 Å². The molecule has 78 valence electrons. The van der Waals surface area contributed by atoms with Gasteiger partial charge in [0.05, 0.1) is 13.7 Å². The van der Waals surface area contributed by atoms with E-state index in [1.54, 1.807) is 0 Å². The Labute approximate surface area is 83.7 Å². The highest BCUT2D eigenvalue weighted by molar-refractivity contribution is 5.89. The van der Waals surface area contributed by atoms with Gasteiger partial charge in [0.15, 0.2) is 0 Å². The number of carbonyl (C=O) groups is 2. The normalized spacial score (nSPS) is 31.1. The Morgan fingerprint density at radius 2 is 2.21 bits per heavy atom. The van der Waals surface area contributed by atoms with Crippen LogP contribution in [0.25, 0.3) is 0 Å². The minimum atomic E-state index is -0.472. The summed E-state index contributed by atoms with van der Waals surface area (Å²) < 4.78 is 4.47. The number of hydrogen-bond donors (Lipinski definition) is 0. The number of ether oxygens (including phenoxy) is 1. The third-order valence-electron chi connectivity index (χ3n) is 2.95. The summed E-state index contributed by atoms with van der Waals surface area (Å²) in [5.41, 5.74) is 0. The van der Waals surface area contributed by atoms with Crippen molar-refractivity contribution in [3.05, 3.63) is 12.7 Å². The van der Waals surface area contributed by atoms with Crippen molar-refractivity contribution in [3.8, 4) is 0 Å². The average Bonchev–Trinajstić information content (AvgIpc) is 2.59. The largest absolute Gasteiger partial charge is 0.523 e. The van der Waals surface area contributed by atoms with Crippen molar-refractivity contribution < 1.29 is 18.8 Å². The first-order valence-corrected chi connectivity index (χ1v) is 4.72. The molecule has 0 aromatic rings. The molecule has 1 saturated heterocycles. The van der Waals surface area contributed by atoms with E-state index in [2.05, 4.69) is 6.58 Å². The van der Waals surface area contributed by atoms with Crippen LogP contribution in [0.1, 0.15) is 19.8 Å². The number of rotatable bonds is 1. The van der Waals surface area contributed by atoms with E-state index in [9.17, 15) is 9.59 Å². The van der Waals surface area contributed by atoms with Gasteiger partial charge in [-0.3, -0.25) is 0 Å². The summed E-state index contributed by atoms with van der Waals surface area (Å²) in [4.78, 5) is 23.3. The lowest BCUT2D eigenvalue weighted by Gasteiger charge is -2.29. The van der Waals surface area contributed by atoms with Crippen LogP contribution in [0.2, 0.25) is 0 Å². The fraction of sp³-hybridized carbons (Fsp3) is 0.600. The predicted molar refractivity (Wildman–Crippen MR) is 51.4 cm³/mol. The number of amides is 2. The zero-order valence-electron chi connectivity index (χ0n) is 8.66. The van der Waals surface area contributed by atoms with Crippen molar-refractivity contribution >= 4 is 12.0 Å². The van der Waals surface area contributed by atoms with Crippen LogP contribution in [-0.4, -0.2) is 36.2 Å². The summed E-state index contributed by atoms with van der Waals surface area (Å²) in [6, 6.07) is -0.00653. The average molecular weight is 198 g/mol. The first kappa shape index (κ1) is 10.9. The Kier molecular flexibility index (Phi) is 3.06. The third-order valence-corrected chi connectivity index (χ3v) is 2.95. The quantitative estimate of drug-likeness (QED) is 0.473. The molecule has 1 heterocycles. The van der Waals surface area contributed by atoms with Gasteiger partial charge in [-0.05, 0) is 6.92 Å². The number of imide groups is 1. The zero-order valence-corrected chi connectivity index (χ0v) is 8.66. The van der Waals surface area contributed by atoms with Gasteiger partial charge in [0.1, 0.15) is 6.04 Å². The first-order valence-electron chi connectivity index (χ1n) is 4.72. The molecule has 0 aromatic carbocycles. The van der Waals surface area contributed by atoms with Gasteiger partial charge < -0.3 is 4.74 Å². The molecule has 1 aliphatic rings. The molecule has 1 aliphatic heterocycles. The van der Waals surface area contributed by atoms with E-state index in [-0.39, 0.29) is 16.4 Å². The summed E-state index contributed by atoms with van der Waals surface area (Å²) >= 11 is 0. The van der Waals surface area contributed by atoms with E-state index in [1.807, 2.05) is 6.92 Å². The van der Waals surface area contributed by atoms with Gasteiger partial charge in [-0.2, -0.15) is 9.28 Å². The van der Waals surface area contributed by atoms with Crippen molar-refractivity contribution in [2.24, 2.45) is 0 Å². The summed E-state index contributed by atoms with van der Waals surface area (Å²) in [6.07, 6.45) is 2.48. The fourth-order valence-electron chi connectivity index (χ4n) is 2.09. The van der Waals surface area contributed by atoms with Crippen LogP contribution < -0.4 is 0 Å². The SMILES string of the molecule is C=CC(=O)[N+]1(C(=O)OC)CCC[C@H]1C. The number of nitrogens with zero attached hydrogens (tertiary/aromatic N) is 1. The lowest BCUT2D eigenvalue weighted by molar-refractivity contribution is -0.789. The minimum Gasteiger partial charge on any atom is -0.423 e. The third kappa shape index (κ3) is 1.35. The maximum absolute atomic E-state index is 11.7. The van der Waals surface area contributed by atoms with Gasteiger partial charge in [-0.1, -0.05) is 6.58 Å². The molecule has 0 aromatic heterocycles. The van der Waals surface area contributed by atoms with E-state index in [0.29, 0.717) is 6.54 Å².